The van der Waals surface area contributed by atoms with Gasteiger partial charge >= 0.3 is 0 Å². The van der Waals surface area contributed by atoms with E-state index < -0.39 is 0 Å². The van der Waals surface area contributed by atoms with Crippen molar-refractivity contribution in [3.8, 4) is 11.3 Å². The Hall–Kier alpha value is -1.73. The quantitative estimate of drug-likeness (QED) is 0.867. The average Bonchev–Trinajstić information content (AvgIpc) is 3.16. The lowest BCUT2D eigenvalue weighted by atomic mass is 10.2. The molecule has 23 heavy (non-hydrogen) atoms. The molecule has 1 N–H and O–H groups in total. The first kappa shape index (κ1) is 16.1. The molecule has 2 heterocycles. The minimum atomic E-state index is -0.384. The minimum Gasteiger partial charge on any atom is -0.331 e. The van der Waals surface area contributed by atoms with Gasteiger partial charge in [-0.3, -0.25) is 9.59 Å². The summed E-state index contributed by atoms with van der Waals surface area (Å²) in [4.78, 5) is 30.0. The normalized spacial score (nSPS) is 17.3. The number of amides is 2. The molecule has 0 aliphatic carbocycles. The van der Waals surface area contributed by atoms with Crippen LogP contribution in [0.25, 0.3) is 11.3 Å². The van der Waals surface area contributed by atoms with Crippen molar-refractivity contribution < 1.29 is 9.59 Å². The van der Waals surface area contributed by atoms with Crippen LogP contribution in [-0.2, 0) is 9.59 Å². The van der Waals surface area contributed by atoms with Gasteiger partial charge in [0.25, 0.3) is 0 Å². The van der Waals surface area contributed by atoms with Crippen LogP contribution in [-0.4, -0.2) is 34.3 Å². The maximum atomic E-state index is 12.4. The van der Waals surface area contributed by atoms with E-state index in [9.17, 15) is 9.59 Å². The second-order valence-electron chi connectivity index (χ2n) is 5.41. The third-order valence-electron chi connectivity index (χ3n) is 3.81. The van der Waals surface area contributed by atoms with E-state index in [-0.39, 0.29) is 17.9 Å². The van der Waals surface area contributed by atoms with Crippen LogP contribution in [0.15, 0.2) is 34.1 Å². The number of likely N-dealkylation sites (tertiary alicyclic amines) is 1. The Bertz CT molecular complexity index is 746. The lowest BCUT2D eigenvalue weighted by molar-refractivity contribution is -0.134. The highest BCUT2D eigenvalue weighted by Gasteiger charge is 2.32. The first-order valence-corrected chi connectivity index (χ1v) is 9.01. The Morgan fingerprint density at radius 2 is 2.26 bits per heavy atom. The summed E-state index contributed by atoms with van der Waals surface area (Å²) in [5.74, 6) is -0.218. The van der Waals surface area contributed by atoms with Gasteiger partial charge in [0.1, 0.15) is 6.04 Å². The summed E-state index contributed by atoms with van der Waals surface area (Å²) in [6, 6.07) is 7.47. The number of nitrogens with one attached hydrogen (secondary N) is 1. The molecule has 1 atom stereocenters. The van der Waals surface area contributed by atoms with Crippen molar-refractivity contribution in [3.05, 3.63) is 34.1 Å². The second kappa shape index (κ2) is 6.80. The molecule has 1 aliphatic rings. The smallest absolute Gasteiger partial charge is 0.248 e. The number of aromatic nitrogens is 1. The van der Waals surface area contributed by atoms with Crippen LogP contribution in [0.5, 0.6) is 0 Å². The molecule has 120 valence electrons. The monoisotopic (exact) mass is 393 g/mol. The van der Waals surface area contributed by atoms with Gasteiger partial charge in [-0.2, -0.15) is 0 Å². The van der Waals surface area contributed by atoms with Gasteiger partial charge in [0.15, 0.2) is 5.13 Å². The van der Waals surface area contributed by atoms with Crippen molar-refractivity contribution in [1.82, 2.24) is 9.88 Å². The Balaban J connectivity index is 1.72. The number of carbonyl (C=O) groups is 2. The lowest BCUT2D eigenvalue weighted by Crippen LogP contribution is -2.42. The predicted octanol–water partition coefficient (Wildman–Crippen LogP) is 3.52. The molecule has 1 aromatic carbocycles. The Kier molecular flexibility index (Phi) is 4.77. The number of hydrogen-bond donors (Lipinski definition) is 1. The van der Waals surface area contributed by atoms with Gasteiger partial charge < -0.3 is 10.2 Å². The zero-order valence-electron chi connectivity index (χ0n) is 12.6. The van der Waals surface area contributed by atoms with E-state index in [4.69, 9.17) is 0 Å². The van der Waals surface area contributed by atoms with Crippen molar-refractivity contribution in [2.24, 2.45) is 0 Å². The van der Waals surface area contributed by atoms with Crippen LogP contribution in [0.3, 0.4) is 0 Å². The predicted molar refractivity (Wildman–Crippen MR) is 94.3 cm³/mol. The summed E-state index contributed by atoms with van der Waals surface area (Å²) in [6.45, 7) is 2.15. The maximum absolute atomic E-state index is 12.4. The highest BCUT2D eigenvalue weighted by Crippen LogP contribution is 2.27. The van der Waals surface area contributed by atoms with Gasteiger partial charge in [0.05, 0.1) is 5.69 Å². The number of halogens is 1. The van der Waals surface area contributed by atoms with Crippen molar-refractivity contribution in [2.75, 3.05) is 11.9 Å². The first-order chi connectivity index (χ1) is 11.0. The van der Waals surface area contributed by atoms with Gasteiger partial charge in [-0.1, -0.05) is 28.1 Å². The molecule has 3 rings (SSSR count). The molecule has 1 unspecified atom stereocenters. The average molecular weight is 394 g/mol. The zero-order chi connectivity index (χ0) is 16.4. The molecule has 1 aliphatic heterocycles. The Morgan fingerprint density at radius 3 is 3.00 bits per heavy atom. The van der Waals surface area contributed by atoms with Crippen molar-refractivity contribution in [1.29, 1.82) is 0 Å². The summed E-state index contributed by atoms with van der Waals surface area (Å²) < 4.78 is 0.983. The molecule has 2 aromatic rings. The summed E-state index contributed by atoms with van der Waals surface area (Å²) in [6.07, 6.45) is 1.56. The van der Waals surface area contributed by atoms with Crippen LogP contribution < -0.4 is 5.32 Å². The second-order valence-corrected chi connectivity index (χ2v) is 7.18. The van der Waals surface area contributed by atoms with Gasteiger partial charge in [-0.05, 0) is 25.0 Å². The SMILES string of the molecule is CC(=O)N1CCCC1C(=O)Nc1nc(-c2cccc(Br)c2)cs1. The topological polar surface area (TPSA) is 62.3 Å². The lowest BCUT2D eigenvalue weighted by Gasteiger charge is -2.21. The third-order valence-corrected chi connectivity index (χ3v) is 5.07. The number of benzene rings is 1. The number of hydrogen-bond acceptors (Lipinski definition) is 4. The van der Waals surface area contributed by atoms with E-state index in [1.807, 2.05) is 29.6 Å². The summed E-state index contributed by atoms with van der Waals surface area (Å²) in [5, 5.41) is 5.30. The molecule has 0 saturated carbocycles. The van der Waals surface area contributed by atoms with Crippen molar-refractivity contribution in [2.45, 2.75) is 25.8 Å². The molecular formula is C16H16BrN3O2S. The summed E-state index contributed by atoms with van der Waals surface area (Å²) in [7, 11) is 0. The Labute approximate surface area is 146 Å². The molecular weight excluding hydrogens is 378 g/mol. The van der Waals surface area contributed by atoms with Crippen LogP contribution >= 0.6 is 27.3 Å². The minimum absolute atomic E-state index is 0.0587. The van der Waals surface area contributed by atoms with E-state index >= 15 is 0 Å². The highest BCUT2D eigenvalue weighted by molar-refractivity contribution is 9.10. The molecule has 0 radical (unpaired) electrons. The van der Waals surface area contributed by atoms with Crippen LogP contribution in [0.4, 0.5) is 5.13 Å². The molecule has 1 fully saturated rings. The summed E-state index contributed by atoms with van der Waals surface area (Å²) >= 11 is 4.82. The number of carbonyl (C=O) groups excluding carboxylic acids is 2. The molecule has 7 heteroatoms. The van der Waals surface area contributed by atoms with Crippen molar-refractivity contribution in [3.63, 3.8) is 0 Å². The highest BCUT2D eigenvalue weighted by atomic mass is 79.9. The van der Waals surface area contributed by atoms with Gasteiger partial charge in [0.2, 0.25) is 11.8 Å². The first-order valence-electron chi connectivity index (χ1n) is 7.34. The molecule has 0 bridgehead atoms. The van der Waals surface area contributed by atoms with Gasteiger partial charge in [-0.25, -0.2) is 4.98 Å². The Morgan fingerprint density at radius 1 is 1.43 bits per heavy atom. The maximum Gasteiger partial charge on any atom is 0.248 e. The molecule has 1 aromatic heterocycles. The fraction of sp³-hybridized carbons (Fsp3) is 0.312. The molecule has 0 spiro atoms. The number of nitrogens with zero attached hydrogens (tertiary/aromatic N) is 2. The largest absolute Gasteiger partial charge is 0.331 e. The standard InChI is InChI=1S/C16H16BrN3O2S/c1-10(21)20-7-3-6-14(20)15(22)19-16-18-13(9-23-16)11-4-2-5-12(17)8-11/h2,4-5,8-9,14H,3,6-7H2,1H3,(H,18,19,22). The number of anilines is 1. The van der Waals surface area contributed by atoms with Crippen LogP contribution in [0, 0.1) is 0 Å². The fourth-order valence-electron chi connectivity index (χ4n) is 2.72. The zero-order valence-corrected chi connectivity index (χ0v) is 15.0. The van der Waals surface area contributed by atoms with E-state index in [0.717, 1.165) is 22.2 Å². The van der Waals surface area contributed by atoms with E-state index in [1.165, 1.54) is 18.3 Å². The molecule has 5 nitrogen and oxygen atoms in total. The van der Waals surface area contributed by atoms with E-state index in [1.54, 1.807) is 4.90 Å². The molecule has 1 saturated heterocycles. The number of thiazole rings is 1. The van der Waals surface area contributed by atoms with Gasteiger partial charge in [-0.15, -0.1) is 11.3 Å². The van der Waals surface area contributed by atoms with Crippen LogP contribution in [0.2, 0.25) is 0 Å². The van der Waals surface area contributed by atoms with Crippen molar-refractivity contribution >= 4 is 44.2 Å². The van der Waals surface area contributed by atoms with Crippen LogP contribution in [0.1, 0.15) is 19.8 Å². The number of rotatable bonds is 3. The van der Waals surface area contributed by atoms with Gasteiger partial charge in [0, 0.05) is 28.9 Å². The summed E-state index contributed by atoms with van der Waals surface area (Å²) in [5.41, 5.74) is 1.81. The third kappa shape index (κ3) is 3.61. The molecule has 2 amide bonds. The van der Waals surface area contributed by atoms with E-state index in [0.29, 0.717) is 18.1 Å². The van der Waals surface area contributed by atoms with E-state index in [2.05, 4.69) is 26.2 Å². The fourth-order valence-corrected chi connectivity index (χ4v) is 3.84.